The Bertz CT molecular complexity index is 1090. The second-order valence-corrected chi connectivity index (χ2v) is 7.90. The second-order valence-electron chi connectivity index (χ2n) is 7.46. The monoisotopic (exact) mass is 418 g/mol. The van der Waals surface area contributed by atoms with E-state index in [4.69, 9.17) is 16.4 Å². The predicted octanol–water partition coefficient (Wildman–Crippen LogP) is 4.39. The Kier molecular flexibility index (Phi) is 4.77. The highest BCUT2D eigenvalue weighted by Gasteiger charge is 2.59. The molecule has 5 nitrogen and oxygen atoms in total. The van der Waals surface area contributed by atoms with E-state index in [2.05, 4.69) is 0 Å². The van der Waals surface area contributed by atoms with Crippen LogP contribution in [0.2, 0.25) is 5.02 Å². The van der Waals surface area contributed by atoms with Crippen molar-refractivity contribution in [2.24, 2.45) is 5.92 Å². The van der Waals surface area contributed by atoms with Gasteiger partial charge in [0, 0.05) is 5.02 Å². The van der Waals surface area contributed by atoms with Gasteiger partial charge in [0.1, 0.15) is 5.92 Å². The van der Waals surface area contributed by atoms with E-state index >= 15 is 0 Å². The Labute approximate surface area is 179 Å². The fraction of sp³-hybridized carbons (Fsp3) is 0.167. The summed E-state index contributed by atoms with van der Waals surface area (Å²) >= 11 is 6.24. The molecule has 2 fully saturated rings. The normalized spacial score (nSPS) is 23.2. The SMILES string of the molecule is O=C1[C@H]2[C@@H](c3cccc(Cl)c3)N(c3ccccc3)O[C@H]2C(=O)N1Cc1ccccc1. The first-order valence-electron chi connectivity index (χ1n) is 9.79. The van der Waals surface area contributed by atoms with Gasteiger partial charge in [-0.2, -0.15) is 0 Å². The first kappa shape index (κ1) is 18.9. The average Bonchev–Trinajstić information content (AvgIpc) is 3.27. The lowest BCUT2D eigenvalue weighted by atomic mass is 9.90. The molecular formula is C24H19ClN2O3. The Hall–Kier alpha value is -3.15. The van der Waals surface area contributed by atoms with E-state index in [0.29, 0.717) is 5.02 Å². The van der Waals surface area contributed by atoms with Crippen LogP contribution in [0.1, 0.15) is 17.2 Å². The standard InChI is InChI=1S/C24H19ClN2O3/c25-18-11-7-10-17(14-18)21-20-22(30-27(21)19-12-5-2-6-13-19)24(29)26(23(20)28)15-16-8-3-1-4-9-16/h1-14,20-22H,15H2/t20-,21+,22+/m0/s1. The number of halogens is 1. The van der Waals surface area contributed by atoms with E-state index in [-0.39, 0.29) is 18.4 Å². The highest BCUT2D eigenvalue weighted by molar-refractivity contribution is 6.30. The average molecular weight is 419 g/mol. The van der Waals surface area contributed by atoms with Crippen LogP contribution < -0.4 is 5.06 Å². The van der Waals surface area contributed by atoms with Crippen LogP contribution in [0.4, 0.5) is 5.69 Å². The summed E-state index contributed by atoms with van der Waals surface area (Å²) in [6, 6.07) is 25.9. The maximum absolute atomic E-state index is 13.4. The molecule has 0 spiro atoms. The molecule has 2 aliphatic heterocycles. The number of hydroxylamine groups is 1. The molecule has 3 aromatic carbocycles. The number of carbonyl (C=O) groups excluding carboxylic acids is 2. The number of hydrogen-bond donors (Lipinski definition) is 0. The third-order valence-electron chi connectivity index (χ3n) is 5.59. The van der Waals surface area contributed by atoms with Gasteiger partial charge in [0.2, 0.25) is 5.91 Å². The summed E-state index contributed by atoms with van der Waals surface area (Å²) in [5.41, 5.74) is 2.52. The van der Waals surface area contributed by atoms with Gasteiger partial charge in [-0.15, -0.1) is 0 Å². The van der Waals surface area contributed by atoms with Gasteiger partial charge in [0.05, 0.1) is 18.3 Å². The van der Waals surface area contributed by atoms with Crippen molar-refractivity contribution in [1.82, 2.24) is 4.90 Å². The van der Waals surface area contributed by atoms with E-state index in [1.807, 2.05) is 78.9 Å². The number of hydrogen-bond acceptors (Lipinski definition) is 4. The van der Waals surface area contributed by atoms with Gasteiger partial charge in [-0.1, -0.05) is 72.3 Å². The highest BCUT2D eigenvalue weighted by atomic mass is 35.5. The Morgan fingerprint density at radius 2 is 1.53 bits per heavy atom. The number of amides is 2. The number of para-hydroxylation sites is 1. The highest BCUT2D eigenvalue weighted by Crippen LogP contribution is 2.47. The van der Waals surface area contributed by atoms with Gasteiger partial charge < -0.3 is 0 Å². The van der Waals surface area contributed by atoms with Crippen molar-refractivity contribution in [1.29, 1.82) is 0 Å². The zero-order chi connectivity index (χ0) is 20.7. The molecule has 3 atom stereocenters. The largest absolute Gasteiger partial charge is 0.275 e. The molecule has 2 heterocycles. The number of nitrogens with zero attached hydrogens (tertiary/aromatic N) is 2. The minimum Gasteiger partial charge on any atom is -0.275 e. The zero-order valence-corrected chi connectivity index (χ0v) is 16.8. The van der Waals surface area contributed by atoms with Gasteiger partial charge >= 0.3 is 0 Å². The molecule has 0 bridgehead atoms. The molecule has 150 valence electrons. The third-order valence-corrected chi connectivity index (χ3v) is 5.83. The summed E-state index contributed by atoms with van der Waals surface area (Å²) in [5, 5.41) is 2.25. The maximum atomic E-state index is 13.4. The van der Waals surface area contributed by atoms with Crippen LogP contribution in [0.25, 0.3) is 0 Å². The Balaban J connectivity index is 1.53. The molecule has 5 rings (SSSR count). The predicted molar refractivity (Wildman–Crippen MR) is 113 cm³/mol. The molecule has 30 heavy (non-hydrogen) atoms. The third kappa shape index (κ3) is 3.16. The summed E-state index contributed by atoms with van der Waals surface area (Å²) in [6.07, 6.45) is -0.856. The molecule has 0 aliphatic carbocycles. The number of fused-ring (bicyclic) bond motifs is 1. The van der Waals surface area contributed by atoms with Crippen molar-refractivity contribution in [3.8, 4) is 0 Å². The zero-order valence-electron chi connectivity index (χ0n) is 16.0. The van der Waals surface area contributed by atoms with Gasteiger partial charge in [-0.25, -0.2) is 5.06 Å². The van der Waals surface area contributed by atoms with E-state index in [0.717, 1.165) is 16.8 Å². The number of imide groups is 1. The molecule has 6 heteroatoms. The second kappa shape index (κ2) is 7.59. The lowest BCUT2D eigenvalue weighted by Gasteiger charge is -2.28. The van der Waals surface area contributed by atoms with E-state index in [1.54, 1.807) is 11.1 Å². The number of anilines is 1. The number of benzene rings is 3. The quantitative estimate of drug-likeness (QED) is 0.590. The van der Waals surface area contributed by atoms with Crippen LogP contribution in [0.3, 0.4) is 0 Å². The topological polar surface area (TPSA) is 49.9 Å². The number of likely N-dealkylation sites (tertiary alicyclic amines) is 1. The summed E-state index contributed by atoms with van der Waals surface area (Å²) in [6.45, 7) is 0.239. The first-order chi connectivity index (χ1) is 14.6. The van der Waals surface area contributed by atoms with Crippen LogP contribution in [-0.4, -0.2) is 22.8 Å². The van der Waals surface area contributed by atoms with Gasteiger partial charge in [0.25, 0.3) is 5.91 Å². The minimum atomic E-state index is -0.856. The molecule has 0 saturated carbocycles. The van der Waals surface area contributed by atoms with E-state index < -0.39 is 18.1 Å². The summed E-state index contributed by atoms with van der Waals surface area (Å²) in [7, 11) is 0. The number of rotatable bonds is 4. The molecule has 2 saturated heterocycles. The van der Waals surface area contributed by atoms with Crippen molar-refractivity contribution in [3.63, 3.8) is 0 Å². The Morgan fingerprint density at radius 3 is 2.23 bits per heavy atom. The summed E-state index contributed by atoms with van der Waals surface area (Å²) in [5.74, 6) is -1.17. The lowest BCUT2D eigenvalue weighted by molar-refractivity contribution is -0.143. The molecule has 0 aromatic heterocycles. The van der Waals surface area contributed by atoms with Crippen molar-refractivity contribution in [2.45, 2.75) is 18.7 Å². The molecule has 3 aromatic rings. The van der Waals surface area contributed by atoms with Gasteiger partial charge in [0.15, 0.2) is 6.10 Å². The van der Waals surface area contributed by atoms with Crippen molar-refractivity contribution in [3.05, 3.63) is 101 Å². The van der Waals surface area contributed by atoms with Crippen molar-refractivity contribution in [2.75, 3.05) is 5.06 Å². The van der Waals surface area contributed by atoms with Crippen molar-refractivity contribution >= 4 is 29.1 Å². The van der Waals surface area contributed by atoms with Crippen LogP contribution in [0.15, 0.2) is 84.9 Å². The molecule has 0 radical (unpaired) electrons. The molecule has 0 unspecified atom stereocenters. The van der Waals surface area contributed by atoms with Gasteiger partial charge in [-0.05, 0) is 35.4 Å². The van der Waals surface area contributed by atoms with E-state index in [1.165, 1.54) is 4.90 Å². The summed E-state index contributed by atoms with van der Waals surface area (Å²) < 4.78 is 0. The van der Waals surface area contributed by atoms with Crippen LogP contribution in [0, 0.1) is 5.92 Å². The first-order valence-corrected chi connectivity index (χ1v) is 10.2. The smallest absolute Gasteiger partial charge is 0.262 e. The summed E-state index contributed by atoms with van der Waals surface area (Å²) in [4.78, 5) is 34.0. The molecular weight excluding hydrogens is 400 g/mol. The molecule has 2 aliphatic rings. The van der Waals surface area contributed by atoms with Crippen molar-refractivity contribution < 1.29 is 14.4 Å². The fourth-order valence-corrected chi connectivity index (χ4v) is 4.42. The maximum Gasteiger partial charge on any atom is 0.262 e. The Morgan fingerprint density at radius 1 is 0.833 bits per heavy atom. The number of carbonyl (C=O) groups is 2. The van der Waals surface area contributed by atoms with Crippen LogP contribution >= 0.6 is 11.6 Å². The van der Waals surface area contributed by atoms with Gasteiger partial charge in [-0.3, -0.25) is 19.3 Å². The minimum absolute atomic E-state index is 0.225. The van der Waals surface area contributed by atoms with Crippen LogP contribution in [0.5, 0.6) is 0 Å². The molecule has 2 amide bonds. The van der Waals surface area contributed by atoms with Crippen LogP contribution in [-0.2, 0) is 21.0 Å². The van der Waals surface area contributed by atoms with E-state index in [9.17, 15) is 9.59 Å². The fourth-order valence-electron chi connectivity index (χ4n) is 4.22. The molecule has 0 N–H and O–H groups in total. The lowest BCUT2D eigenvalue weighted by Crippen LogP contribution is -2.36.